The van der Waals surface area contributed by atoms with Crippen molar-refractivity contribution in [1.82, 2.24) is 5.32 Å². The Labute approximate surface area is 104 Å². The standard InChI is InChI=1S/C13H24N2S/c1-5-9-6-11(9)15-12-14-8-10(16-12)7-13(2,3)4/h9-11H,5-8H2,1-4H3,(H,14,15). The van der Waals surface area contributed by atoms with Crippen LogP contribution in [0.4, 0.5) is 0 Å². The lowest BCUT2D eigenvalue weighted by atomic mass is 9.90. The van der Waals surface area contributed by atoms with Crippen LogP contribution in [0.2, 0.25) is 0 Å². The van der Waals surface area contributed by atoms with Gasteiger partial charge in [-0.25, -0.2) is 0 Å². The number of nitrogens with one attached hydrogen (secondary N) is 1. The highest BCUT2D eigenvalue weighted by atomic mass is 32.2. The maximum Gasteiger partial charge on any atom is 0.157 e. The molecule has 1 aliphatic heterocycles. The highest BCUT2D eigenvalue weighted by Crippen LogP contribution is 2.36. The molecule has 1 N–H and O–H groups in total. The van der Waals surface area contributed by atoms with Crippen molar-refractivity contribution in [3.05, 3.63) is 0 Å². The zero-order chi connectivity index (χ0) is 11.8. The fourth-order valence-electron chi connectivity index (χ4n) is 2.32. The predicted octanol–water partition coefficient (Wildman–Crippen LogP) is 3.28. The van der Waals surface area contributed by atoms with Crippen LogP contribution in [0.25, 0.3) is 0 Å². The molecule has 2 aliphatic rings. The molecule has 1 aliphatic carbocycles. The fraction of sp³-hybridized carbons (Fsp3) is 0.923. The maximum atomic E-state index is 4.62. The summed E-state index contributed by atoms with van der Waals surface area (Å²) in [5, 5.41) is 5.48. The van der Waals surface area contributed by atoms with Gasteiger partial charge in [0.25, 0.3) is 0 Å². The van der Waals surface area contributed by atoms with Gasteiger partial charge >= 0.3 is 0 Å². The Hall–Kier alpha value is -0.180. The Morgan fingerprint density at radius 2 is 2.19 bits per heavy atom. The third-order valence-corrected chi connectivity index (χ3v) is 4.43. The molecule has 2 rings (SSSR count). The molecular formula is C13H24N2S. The lowest BCUT2D eigenvalue weighted by Gasteiger charge is -2.21. The van der Waals surface area contributed by atoms with Crippen molar-refractivity contribution < 1.29 is 0 Å². The van der Waals surface area contributed by atoms with Gasteiger partial charge < -0.3 is 5.32 Å². The molecule has 0 saturated heterocycles. The SMILES string of the molecule is CCC1CC1NC1=NCC(CC(C)(C)C)S1. The van der Waals surface area contributed by atoms with Crippen molar-refractivity contribution >= 4 is 16.9 Å². The average molecular weight is 240 g/mol. The lowest BCUT2D eigenvalue weighted by Crippen LogP contribution is -2.24. The van der Waals surface area contributed by atoms with Crippen LogP contribution >= 0.6 is 11.8 Å². The Bertz CT molecular complexity index is 280. The van der Waals surface area contributed by atoms with E-state index in [1.165, 1.54) is 24.4 Å². The van der Waals surface area contributed by atoms with E-state index < -0.39 is 0 Å². The van der Waals surface area contributed by atoms with E-state index in [9.17, 15) is 0 Å². The van der Waals surface area contributed by atoms with Crippen LogP contribution in [0.5, 0.6) is 0 Å². The molecule has 1 saturated carbocycles. The van der Waals surface area contributed by atoms with Crippen molar-refractivity contribution in [1.29, 1.82) is 0 Å². The summed E-state index contributed by atoms with van der Waals surface area (Å²) in [6.07, 6.45) is 3.91. The number of amidine groups is 1. The van der Waals surface area contributed by atoms with Crippen molar-refractivity contribution in [2.75, 3.05) is 6.54 Å². The van der Waals surface area contributed by atoms with Crippen molar-refractivity contribution in [2.45, 2.75) is 58.2 Å². The molecule has 92 valence electrons. The van der Waals surface area contributed by atoms with Gasteiger partial charge in [0.1, 0.15) is 0 Å². The summed E-state index contributed by atoms with van der Waals surface area (Å²) >= 11 is 1.96. The predicted molar refractivity (Wildman–Crippen MR) is 73.1 cm³/mol. The van der Waals surface area contributed by atoms with Gasteiger partial charge in [0.2, 0.25) is 0 Å². The monoisotopic (exact) mass is 240 g/mol. The minimum atomic E-state index is 0.425. The summed E-state index contributed by atoms with van der Waals surface area (Å²) < 4.78 is 0. The van der Waals surface area contributed by atoms with Crippen LogP contribution in [0, 0.1) is 11.3 Å². The summed E-state index contributed by atoms with van der Waals surface area (Å²) in [5.41, 5.74) is 0.425. The van der Waals surface area contributed by atoms with E-state index in [0.29, 0.717) is 10.7 Å². The molecule has 0 aromatic carbocycles. The summed E-state index contributed by atoms with van der Waals surface area (Å²) in [6, 6.07) is 0.727. The van der Waals surface area contributed by atoms with E-state index in [4.69, 9.17) is 0 Å². The Balaban J connectivity index is 1.71. The first-order chi connectivity index (χ1) is 7.48. The highest BCUT2D eigenvalue weighted by Gasteiger charge is 2.37. The first-order valence-corrected chi connectivity index (χ1v) is 7.33. The van der Waals surface area contributed by atoms with Crippen LogP contribution in [0.3, 0.4) is 0 Å². The van der Waals surface area contributed by atoms with Crippen LogP contribution in [-0.4, -0.2) is 23.0 Å². The molecule has 2 nitrogen and oxygen atoms in total. The van der Waals surface area contributed by atoms with Gasteiger partial charge in [-0.05, 0) is 24.2 Å². The Kier molecular flexibility index (Phi) is 3.53. The van der Waals surface area contributed by atoms with Gasteiger partial charge in [0, 0.05) is 11.3 Å². The molecule has 1 fully saturated rings. The van der Waals surface area contributed by atoms with Gasteiger partial charge in [-0.1, -0.05) is 45.9 Å². The number of hydrogen-bond donors (Lipinski definition) is 1. The topological polar surface area (TPSA) is 24.4 Å². The van der Waals surface area contributed by atoms with E-state index >= 15 is 0 Å². The van der Waals surface area contributed by atoms with Gasteiger partial charge in [-0.15, -0.1) is 0 Å². The second-order valence-electron chi connectivity index (χ2n) is 6.31. The van der Waals surface area contributed by atoms with Gasteiger partial charge in [-0.2, -0.15) is 0 Å². The zero-order valence-electron chi connectivity index (χ0n) is 10.9. The molecule has 0 radical (unpaired) electrons. The molecule has 16 heavy (non-hydrogen) atoms. The number of rotatable bonds is 3. The second kappa shape index (κ2) is 4.59. The van der Waals surface area contributed by atoms with Crippen LogP contribution in [-0.2, 0) is 0 Å². The summed E-state index contributed by atoms with van der Waals surface area (Å²) in [4.78, 5) is 4.62. The molecule has 0 bridgehead atoms. The van der Waals surface area contributed by atoms with E-state index in [1.807, 2.05) is 11.8 Å². The maximum absolute atomic E-state index is 4.62. The summed E-state index contributed by atoms with van der Waals surface area (Å²) in [6.45, 7) is 10.2. The van der Waals surface area contributed by atoms with E-state index in [-0.39, 0.29) is 0 Å². The molecule has 0 aromatic rings. The molecule has 0 amide bonds. The number of thioether (sulfide) groups is 1. The third-order valence-electron chi connectivity index (χ3n) is 3.31. The van der Waals surface area contributed by atoms with E-state index in [0.717, 1.165) is 18.5 Å². The number of aliphatic imine (C=N–C) groups is 1. The highest BCUT2D eigenvalue weighted by molar-refractivity contribution is 8.14. The molecule has 0 aromatic heterocycles. The first-order valence-electron chi connectivity index (χ1n) is 6.45. The fourth-order valence-corrected chi connectivity index (χ4v) is 3.74. The Morgan fingerprint density at radius 3 is 2.75 bits per heavy atom. The van der Waals surface area contributed by atoms with Gasteiger partial charge in [0.05, 0.1) is 6.54 Å². The van der Waals surface area contributed by atoms with Gasteiger partial charge in [-0.3, -0.25) is 4.99 Å². The Morgan fingerprint density at radius 1 is 1.44 bits per heavy atom. The van der Waals surface area contributed by atoms with Crippen LogP contribution < -0.4 is 5.32 Å². The zero-order valence-corrected chi connectivity index (χ0v) is 11.7. The summed E-state index contributed by atoms with van der Waals surface area (Å²) in [5.74, 6) is 0.907. The molecule has 3 heteroatoms. The molecule has 3 unspecified atom stereocenters. The van der Waals surface area contributed by atoms with Crippen molar-refractivity contribution in [3.63, 3.8) is 0 Å². The smallest absolute Gasteiger partial charge is 0.157 e. The summed E-state index contributed by atoms with van der Waals surface area (Å²) in [7, 11) is 0. The first kappa shape index (κ1) is 12.3. The van der Waals surface area contributed by atoms with Crippen LogP contribution in [0.1, 0.15) is 47.0 Å². The van der Waals surface area contributed by atoms with Crippen molar-refractivity contribution in [2.24, 2.45) is 16.3 Å². The normalized spacial score (nSPS) is 33.8. The average Bonchev–Trinajstić information content (AvgIpc) is 2.77. The third kappa shape index (κ3) is 3.41. The van der Waals surface area contributed by atoms with Gasteiger partial charge in [0.15, 0.2) is 5.17 Å². The molecule has 1 heterocycles. The number of hydrogen-bond acceptors (Lipinski definition) is 3. The molecule has 3 atom stereocenters. The number of nitrogens with zero attached hydrogens (tertiary/aromatic N) is 1. The minimum absolute atomic E-state index is 0.425. The van der Waals surface area contributed by atoms with E-state index in [2.05, 4.69) is 38.0 Å². The minimum Gasteiger partial charge on any atom is -0.362 e. The second-order valence-corrected chi connectivity index (χ2v) is 7.59. The largest absolute Gasteiger partial charge is 0.362 e. The molecular weight excluding hydrogens is 216 g/mol. The van der Waals surface area contributed by atoms with Crippen LogP contribution in [0.15, 0.2) is 4.99 Å². The molecule has 0 spiro atoms. The quantitative estimate of drug-likeness (QED) is 0.818. The van der Waals surface area contributed by atoms with Crippen molar-refractivity contribution in [3.8, 4) is 0 Å². The lowest BCUT2D eigenvalue weighted by molar-refractivity contribution is 0.375. The van der Waals surface area contributed by atoms with E-state index in [1.54, 1.807) is 0 Å².